The van der Waals surface area contributed by atoms with Crippen molar-refractivity contribution >= 4 is 28.0 Å². The van der Waals surface area contributed by atoms with Crippen LogP contribution in [0.2, 0.25) is 0 Å². The van der Waals surface area contributed by atoms with Crippen LogP contribution in [-0.2, 0) is 0 Å². The minimum Gasteiger partial charge on any atom is -0.594 e. The number of anilines is 3. The summed E-state index contributed by atoms with van der Waals surface area (Å²) < 4.78 is 0. The fourth-order valence-electron chi connectivity index (χ4n) is 1.34. The van der Waals surface area contributed by atoms with E-state index in [0.717, 1.165) is 6.20 Å². The molecule has 78 valence electrons. The molecular weight excluding hydrogens is 198 g/mol. The van der Waals surface area contributed by atoms with E-state index in [1.807, 2.05) is 0 Å². The molecule has 0 spiro atoms. The van der Waals surface area contributed by atoms with Crippen molar-refractivity contribution in [3.05, 3.63) is 17.5 Å². The van der Waals surface area contributed by atoms with Gasteiger partial charge in [0, 0.05) is 11.2 Å². The monoisotopic (exact) mass is 207 g/mol. The summed E-state index contributed by atoms with van der Waals surface area (Å²) in [5.41, 5.74) is 16.9. The van der Waals surface area contributed by atoms with Gasteiger partial charge in [0.05, 0.1) is 16.8 Å². The first-order chi connectivity index (χ1) is 7.02. The first-order valence-corrected chi connectivity index (χ1v) is 4.08. The second-order valence-corrected chi connectivity index (χ2v) is 3.07. The van der Waals surface area contributed by atoms with Crippen molar-refractivity contribution in [2.24, 2.45) is 0 Å². The van der Waals surface area contributed by atoms with Gasteiger partial charge in [-0.25, -0.2) is 0 Å². The van der Waals surface area contributed by atoms with Gasteiger partial charge in [-0.1, -0.05) is 4.85 Å². The smallest absolute Gasteiger partial charge is 0.210 e. The summed E-state index contributed by atoms with van der Waals surface area (Å²) in [6, 6.07) is 1.37. The molecule has 1 aromatic carbocycles. The number of phenolic OH excluding ortho intramolecular Hbond substituents is 1. The third-order valence-electron chi connectivity index (χ3n) is 2.17. The summed E-state index contributed by atoms with van der Waals surface area (Å²) in [5.74, 6) is -0.218. The van der Waals surface area contributed by atoms with E-state index < -0.39 is 0 Å². The van der Waals surface area contributed by atoms with Gasteiger partial charge >= 0.3 is 0 Å². The van der Waals surface area contributed by atoms with Crippen molar-refractivity contribution in [2.45, 2.75) is 0 Å². The van der Waals surface area contributed by atoms with E-state index in [2.05, 4.69) is 5.10 Å². The molecule has 7 N–H and O–H groups in total. The first kappa shape index (κ1) is 9.13. The number of hydrogen-bond acceptors (Lipinski definition) is 6. The summed E-state index contributed by atoms with van der Waals surface area (Å²) in [4.78, 5) is 0.327. The zero-order chi connectivity index (χ0) is 11.2. The SMILES string of the molecule is Nc1c(N)c(N)c2n[n+]([O-])ccc2c1O. The number of phenols is 1. The Morgan fingerprint density at radius 2 is 1.87 bits per heavy atom. The van der Waals surface area contributed by atoms with E-state index in [1.54, 1.807) is 0 Å². The molecule has 0 radical (unpaired) electrons. The molecule has 0 amide bonds. The normalized spacial score (nSPS) is 10.7. The van der Waals surface area contributed by atoms with Crippen LogP contribution in [0.4, 0.5) is 17.1 Å². The van der Waals surface area contributed by atoms with Crippen LogP contribution in [0.15, 0.2) is 12.3 Å². The average molecular weight is 207 g/mol. The van der Waals surface area contributed by atoms with Crippen LogP contribution in [0, 0.1) is 5.21 Å². The van der Waals surface area contributed by atoms with Gasteiger partial charge in [-0.3, -0.25) is 0 Å². The fraction of sp³-hybridized carbons (Fsp3) is 0. The molecular formula is C8H9N5O2. The molecule has 7 heteroatoms. The van der Waals surface area contributed by atoms with E-state index in [0.29, 0.717) is 10.2 Å². The third-order valence-corrected chi connectivity index (χ3v) is 2.17. The number of benzene rings is 1. The first-order valence-electron chi connectivity index (χ1n) is 4.08. The predicted octanol–water partition coefficient (Wildman–Crippen LogP) is -0.680. The lowest BCUT2D eigenvalue weighted by Crippen LogP contribution is -2.30. The summed E-state index contributed by atoms with van der Waals surface area (Å²) in [6.45, 7) is 0. The molecule has 0 atom stereocenters. The van der Waals surface area contributed by atoms with Crippen molar-refractivity contribution in [3.8, 4) is 5.75 Å². The molecule has 2 aromatic rings. The van der Waals surface area contributed by atoms with Gasteiger partial charge < -0.3 is 27.5 Å². The Morgan fingerprint density at radius 3 is 2.53 bits per heavy atom. The number of aromatic nitrogens is 2. The molecule has 0 unspecified atom stereocenters. The Labute approximate surface area is 84.3 Å². The fourth-order valence-corrected chi connectivity index (χ4v) is 1.34. The third kappa shape index (κ3) is 1.13. The van der Waals surface area contributed by atoms with Crippen molar-refractivity contribution in [1.29, 1.82) is 0 Å². The molecule has 1 aromatic heterocycles. The zero-order valence-corrected chi connectivity index (χ0v) is 7.64. The van der Waals surface area contributed by atoms with Crippen LogP contribution in [0.25, 0.3) is 10.9 Å². The predicted molar refractivity (Wildman–Crippen MR) is 55.6 cm³/mol. The van der Waals surface area contributed by atoms with Gasteiger partial charge in [-0.2, -0.15) is 0 Å². The van der Waals surface area contributed by atoms with E-state index in [9.17, 15) is 10.3 Å². The van der Waals surface area contributed by atoms with Crippen LogP contribution >= 0.6 is 0 Å². The molecule has 0 saturated carbocycles. The number of rotatable bonds is 0. The molecule has 0 fully saturated rings. The maximum atomic E-state index is 10.9. The molecule has 7 nitrogen and oxygen atoms in total. The molecule has 0 aliphatic heterocycles. The summed E-state index contributed by atoms with van der Waals surface area (Å²) in [5, 5.41) is 24.5. The van der Waals surface area contributed by atoms with Gasteiger partial charge in [0.2, 0.25) is 6.20 Å². The summed E-state index contributed by atoms with van der Waals surface area (Å²) in [6.07, 6.45) is 1.14. The topological polar surface area (TPSA) is 138 Å². The van der Waals surface area contributed by atoms with Crippen LogP contribution < -0.4 is 22.0 Å². The number of fused-ring (bicyclic) bond motifs is 1. The van der Waals surface area contributed by atoms with Crippen LogP contribution in [0.3, 0.4) is 0 Å². The lowest BCUT2D eigenvalue weighted by atomic mass is 10.1. The van der Waals surface area contributed by atoms with E-state index in [4.69, 9.17) is 17.2 Å². The highest BCUT2D eigenvalue weighted by Crippen LogP contribution is 2.39. The van der Waals surface area contributed by atoms with Crippen molar-refractivity contribution in [1.82, 2.24) is 5.10 Å². The quantitative estimate of drug-likeness (QED) is 0.148. The zero-order valence-electron chi connectivity index (χ0n) is 7.64. The minimum absolute atomic E-state index is 0.00884. The molecule has 0 aliphatic carbocycles. The Morgan fingerprint density at radius 1 is 1.20 bits per heavy atom. The standard InChI is InChI=1S/C8H9N5O2/c9-4-5(10)7-3(8(14)6(4)11)1-2-13(15)12-7/h1-2,14H,9-11H2. The second-order valence-electron chi connectivity index (χ2n) is 3.07. The number of hydrogen-bond donors (Lipinski definition) is 4. The van der Waals surface area contributed by atoms with Crippen molar-refractivity contribution in [3.63, 3.8) is 0 Å². The van der Waals surface area contributed by atoms with Crippen LogP contribution in [-0.4, -0.2) is 10.2 Å². The lowest BCUT2D eigenvalue weighted by Gasteiger charge is -2.09. The maximum absolute atomic E-state index is 10.9. The highest BCUT2D eigenvalue weighted by molar-refractivity contribution is 6.05. The van der Waals surface area contributed by atoms with E-state index in [-0.39, 0.29) is 28.3 Å². The molecule has 15 heavy (non-hydrogen) atoms. The largest absolute Gasteiger partial charge is 0.594 e. The highest BCUT2D eigenvalue weighted by atomic mass is 16.5. The highest BCUT2D eigenvalue weighted by Gasteiger charge is 2.16. The summed E-state index contributed by atoms with van der Waals surface area (Å²) in [7, 11) is 0. The average Bonchev–Trinajstić information content (AvgIpc) is 2.23. The van der Waals surface area contributed by atoms with E-state index in [1.165, 1.54) is 6.07 Å². The Bertz CT molecular complexity index is 554. The van der Waals surface area contributed by atoms with Crippen molar-refractivity contribution < 1.29 is 9.95 Å². The van der Waals surface area contributed by atoms with Gasteiger partial charge in [0.15, 0.2) is 11.3 Å². The minimum atomic E-state index is -0.218. The molecule has 0 saturated heterocycles. The lowest BCUT2D eigenvalue weighted by molar-refractivity contribution is -0.666. The Hall–Kier alpha value is -2.44. The maximum Gasteiger partial charge on any atom is 0.210 e. The summed E-state index contributed by atoms with van der Waals surface area (Å²) >= 11 is 0. The van der Waals surface area contributed by atoms with Gasteiger partial charge in [-0.05, 0) is 0 Å². The molecule has 0 bridgehead atoms. The van der Waals surface area contributed by atoms with Gasteiger partial charge in [0.1, 0.15) is 5.69 Å². The molecule has 0 aliphatic rings. The second kappa shape index (κ2) is 2.77. The van der Waals surface area contributed by atoms with Gasteiger partial charge in [-0.15, -0.1) is 0 Å². The van der Waals surface area contributed by atoms with Crippen LogP contribution in [0.1, 0.15) is 0 Å². The Balaban J connectivity index is 3.00. The molecule has 2 rings (SSSR count). The molecule has 1 heterocycles. The Kier molecular flexibility index (Phi) is 1.69. The number of nitrogen functional groups attached to an aromatic ring is 3. The van der Waals surface area contributed by atoms with Crippen LogP contribution in [0.5, 0.6) is 5.75 Å². The number of aromatic hydroxyl groups is 1. The van der Waals surface area contributed by atoms with Crippen molar-refractivity contribution in [2.75, 3.05) is 17.2 Å². The number of nitrogens with zero attached hydrogens (tertiary/aromatic N) is 2. The number of nitrogens with two attached hydrogens (primary N) is 3. The van der Waals surface area contributed by atoms with E-state index >= 15 is 0 Å². The van der Waals surface area contributed by atoms with Gasteiger partial charge in [0.25, 0.3) is 0 Å².